The quantitative estimate of drug-likeness (QED) is 0.840. The Morgan fingerprint density at radius 2 is 2.21 bits per heavy atom. The van der Waals surface area contributed by atoms with Crippen molar-refractivity contribution in [3.8, 4) is 0 Å². The molecule has 1 amide bonds. The van der Waals surface area contributed by atoms with Gasteiger partial charge in [-0.3, -0.25) is 9.48 Å². The average molecular weight is 269 g/mol. The molecule has 0 fully saturated rings. The molecular formula is C11H13F2N5O. The lowest BCUT2D eigenvalue weighted by Gasteiger charge is -2.16. The Hall–Kier alpha value is -2.25. The van der Waals surface area contributed by atoms with Crippen molar-refractivity contribution in [1.82, 2.24) is 24.5 Å². The Labute approximate surface area is 108 Å². The van der Waals surface area contributed by atoms with Crippen LogP contribution < -0.4 is 0 Å². The summed E-state index contributed by atoms with van der Waals surface area (Å²) in [6, 6.07) is 1.27. The summed E-state index contributed by atoms with van der Waals surface area (Å²) in [5, 5.41) is 7.41. The minimum absolute atomic E-state index is 0.138. The second-order valence-corrected chi connectivity index (χ2v) is 4.12. The summed E-state index contributed by atoms with van der Waals surface area (Å²) in [7, 11) is 3.30. The van der Waals surface area contributed by atoms with Crippen LogP contribution in [0.2, 0.25) is 0 Å². The zero-order valence-electron chi connectivity index (χ0n) is 10.5. The summed E-state index contributed by atoms with van der Waals surface area (Å²) in [6.45, 7) is -2.54. The molecule has 2 aromatic rings. The molecule has 0 aliphatic carbocycles. The normalized spacial score (nSPS) is 11.0. The fourth-order valence-corrected chi connectivity index (χ4v) is 1.73. The molecule has 2 aromatic heterocycles. The molecule has 2 rings (SSSR count). The number of carbonyl (C=O) groups is 1. The lowest BCUT2D eigenvalue weighted by atomic mass is 10.3. The van der Waals surface area contributed by atoms with Crippen LogP contribution >= 0.6 is 0 Å². The van der Waals surface area contributed by atoms with E-state index >= 15 is 0 Å². The molecule has 2 heterocycles. The highest BCUT2D eigenvalue weighted by molar-refractivity contribution is 5.92. The molecule has 19 heavy (non-hydrogen) atoms. The molecule has 0 unspecified atom stereocenters. The van der Waals surface area contributed by atoms with E-state index in [4.69, 9.17) is 0 Å². The van der Waals surface area contributed by atoms with Gasteiger partial charge in [0, 0.05) is 38.6 Å². The minimum Gasteiger partial charge on any atom is -0.336 e. The van der Waals surface area contributed by atoms with Crippen LogP contribution in [-0.4, -0.2) is 37.4 Å². The Morgan fingerprint density at radius 1 is 1.47 bits per heavy atom. The molecule has 0 atom stereocenters. The number of aryl methyl sites for hydroxylation is 1. The van der Waals surface area contributed by atoms with Crippen LogP contribution in [0.5, 0.6) is 0 Å². The molecule has 0 spiro atoms. The van der Waals surface area contributed by atoms with E-state index in [0.29, 0.717) is 11.2 Å². The summed E-state index contributed by atoms with van der Waals surface area (Å²) in [5.74, 6) is -0.512. The van der Waals surface area contributed by atoms with Gasteiger partial charge in [0.15, 0.2) is 0 Å². The molecule has 0 N–H and O–H groups in total. The lowest BCUT2D eigenvalue weighted by molar-refractivity contribution is 0.0472. The first kappa shape index (κ1) is 13.2. The van der Waals surface area contributed by atoms with Gasteiger partial charge in [0.05, 0.1) is 6.20 Å². The van der Waals surface area contributed by atoms with Gasteiger partial charge in [-0.05, 0) is 6.07 Å². The lowest BCUT2D eigenvalue weighted by Crippen LogP contribution is -2.28. The highest BCUT2D eigenvalue weighted by atomic mass is 19.3. The Morgan fingerprint density at radius 3 is 2.79 bits per heavy atom. The second-order valence-electron chi connectivity index (χ2n) is 4.12. The van der Waals surface area contributed by atoms with E-state index in [1.54, 1.807) is 24.1 Å². The highest BCUT2D eigenvalue weighted by Gasteiger charge is 2.21. The third-order valence-corrected chi connectivity index (χ3v) is 2.60. The van der Waals surface area contributed by atoms with E-state index in [9.17, 15) is 13.6 Å². The maximum atomic E-state index is 12.6. The maximum absolute atomic E-state index is 12.6. The Balaban J connectivity index is 2.12. The van der Waals surface area contributed by atoms with Crippen LogP contribution in [0.3, 0.4) is 0 Å². The summed E-state index contributed by atoms with van der Waals surface area (Å²) < 4.78 is 27.3. The Kier molecular flexibility index (Phi) is 3.59. The fraction of sp³-hybridized carbons (Fsp3) is 0.364. The number of carbonyl (C=O) groups excluding carboxylic acids is 1. The molecule has 0 aromatic carbocycles. The number of alkyl halides is 2. The monoisotopic (exact) mass is 269 g/mol. The van der Waals surface area contributed by atoms with Crippen molar-refractivity contribution < 1.29 is 13.6 Å². The van der Waals surface area contributed by atoms with Crippen LogP contribution in [0.4, 0.5) is 8.78 Å². The molecule has 0 aliphatic heterocycles. The Bertz CT molecular complexity index is 577. The summed E-state index contributed by atoms with van der Waals surface area (Å²) in [6.07, 6.45) is 4.56. The zero-order chi connectivity index (χ0) is 14.0. The SMILES string of the molecule is CN(Cc1cnn(C)c1)C(=O)c1ccnn1C(F)F. The van der Waals surface area contributed by atoms with Crippen LogP contribution in [0.25, 0.3) is 0 Å². The standard InChI is InChI=1S/C11H13F2N5O/c1-16(6-8-5-15-17(2)7-8)10(19)9-3-4-14-18(9)11(12)13/h3-5,7,11H,6H2,1-2H3. The highest BCUT2D eigenvalue weighted by Crippen LogP contribution is 2.14. The predicted octanol–water partition coefficient (Wildman–Crippen LogP) is 1.28. The van der Waals surface area contributed by atoms with Gasteiger partial charge < -0.3 is 4.90 Å². The van der Waals surface area contributed by atoms with Gasteiger partial charge in [0.25, 0.3) is 5.91 Å². The van der Waals surface area contributed by atoms with E-state index in [-0.39, 0.29) is 5.69 Å². The van der Waals surface area contributed by atoms with Crippen molar-refractivity contribution in [1.29, 1.82) is 0 Å². The van der Waals surface area contributed by atoms with Gasteiger partial charge in [-0.25, -0.2) is 0 Å². The smallest absolute Gasteiger partial charge is 0.333 e. The molecule has 0 bridgehead atoms. The molecule has 0 saturated carbocycles. The number of hydrogen-bond acceptors (Lipinski definition) is 3. The van der Waals surface area contributed by atoms with Crippen LogP contribution in [0.15, 0.2) is 24.7 Å². The fourth-order valence-electron chi connectivity index (χ4n) is 1.73. The average Bonchev–Trinajstić information content (AvgIpc) is 2.97. The number of nitrogens with zero attached hydrogens (tertiary/aromatic N) is 5. The zero-order valence-corrected chi connectivity index (χ0v) is 10.5. The minimum atomic E-state index is -2.83. The first-order valence-electron chi connectivity index (χ1n) is 5.53. The molecule has 6 nitrogen and oxygen atoms in total. The van der Waals surface area contributed by atoms with Gasteiger partial charge in [-0.15, -0.1) is 0 Å². The number of hydrogen-bond donors (Lipinski definition) is 0. The van der Waals surface area contributed by atoms with Crippen molar-refractivity contribution in [3.05, 3.63) is 35.9 Å². The molecule has 8 heteroatoms. The molecule has 0 saturated heterocycles. The van der Waals surface area contributed by atoms with Gasteiger partial charge in [-0.1, -0.05) is 0 Å². The first-order valence-corrected chi connectivity index (χ1v) is 5.53. The summed E-state index contributed by atoms with van der Waals surface area (Å²) in [5.41, 5.74) is 0.683. The topological polar surface area (TPSA) is 56.0 Å². The molecular weight excluding hydrogens is 256 g/mol. The van der Waals surface area contributed by atoms with E-state index in [1.807, 2.05) is 0 Å². The predicted molar refractivity (Wildman–Crippen MR) is 62.5 cm³/mol. The molecule has 0 radical (unpaired) electrons. The van der Waals surface area contributed by atoms with Crippen molar-refractivity contribution in [2.24, 2.45) is 7.05 Å². The summed E-state index contributed by atoms with van der Waals surface area (Å²) >= 11 is 0. The number of rotatable bonds is 4. The van der Waals surface area contributed by atoms with Crippen molar-refractivity contribution >= 4 is 5.91 Å². The number of aromatic nitrogens is 4. The van der Waals surface area contributed by atoms with Crippen molar-refractivity contribution in [2.45, 2.75) is 13.1 Å². The maximum Gasteiger partial charge on any atom is 0.333 e. The van der Waals surface area contributed by atoms with Gasteiger partial charge in [0.1, 0.15) is 5.69 Å². The third-order valence-electron chi connectivity index (χ3n) is 2.60. The first-order chi connectivity index (χ1) is 8.99. The molecule has 102 valence electrons. The second kappa shape index (κ2) is 5.17. The van der Waals surface area contributed by atoms with Crippen LogP contribution in [0, 0.1) is 0 Å². The summed E-state index contributed by atoms with van der Waals surface area (Å²) in [4.78, 5) is 13.4. The largest absolute Gasteiger partial charge is 0.336 e. The van der Waals surface area contributed by atoms with Gasteiger partial charge >= 0.3 is 6.55 Å². The van der Waals surface area contributed by atoms with Crippen molar-refractivity contribution in [2.75, 3.05) is 7.05 Å². The van der Waals surface area contributed by atoms with E-state index in [2.05, 4.69) is 10.2 Å². The third kappa shape index (κ3) is 2.78. The molecule has 0 aliphatic rings. The van der Waals surface area contributed by atoms with Gasteiger partial charge in [0.2, 0.25) is 0 Å². The van der Waals surface area contributed by atoms with E-state index in [1.165, 1.54) is 24.2 Å². The van der Waals surface area contributed by atoms with E-state index < -0.39 is 12.5 Å². The van der Waals surface area contributed by atoms with Crippen LogP contribution in [0.1, 0.15) is 22.6 Å². The van der Waals surface area contributed by atoms with E-state index in [0.717, 1.165) is 5.56 Å². The number of amides is 1. The van der Waals surface area contributed by atoms with Crippen LogP contribution in [-0.2, 0) is 13.6 Å². The number of halogens is 2. The van der Waals surface area contributed by atoms with Gasteiger partial charge in [-0.2, -0.15) is 23.7 Å². The van der Waals surface area contributed by atoms with Crippen molar-refractivity contribution in [3.63, 3.8) is 0 Å².